The Hall–Kier alpha value is -0.640. The van der Waals surface area contributed by atoms with E-state index in [0.717, 1.165) is 11.3 Å². The molecule has 6 heteroatoms. The first-order chi connectivity index (χ1) is 10.5. The van der Waals surface area contributed by atoms with Crippen molar-refractivity contribution in [2.45, 2.75) is 51.6 Å². The summed E-state index contributed by atoms with van der Waals surface area (Å²) in [6.07, 6.45) is 1.11. The summed E-state index contributed by atoms with van der Waals surface area (Å²) in [5.41, 5.74) is 0.878. The maximum Gasteiger partial charge on any atom is 0.118 e. The molecule has 23 heavy (non-hydrogen) atoms. The number of methoxy groups -OCH3 is 1. The third-order valence-corrected chi connectivity index (χ3v) is 10.2. The summed E-state index contributed by atoms with van der Waals surface area (Å²) < 4.78 is 34.2. The zero-order chi connectivity index (χ0) is 17.9. The SMILES string of the molecule is CCP(=O)(CC)[C@@](C)(N[S@@](=O)C(C)(C)C)c1ccc(OC)cc1. The first-order valence-corrected chi connectivity index (χ1v) is 11.2. The zero-order valence-corrected chi connectivity index (χ0v) is 17.0. The van der Waals surface area contributed by atoms with Gasteiger partial charge in [0.25, 0.3) is 0 Å². The van der Waals surface area contributed by atoms with Gasteiger partial charge < -0.3 is 9.30 Å². The molecule has 0 aromatic heterocycles. The van der Waals surface area contributed by atoms with Crippen LogP contribution in [-0.4, -0.2) is 28.4 Å². The summed E-state index contributed by atoms with van der Waals surface area (Å²) in [6.45, 7) is 11.5. The lowest BCUT2D eigenvalue weighted by Crippen LogP contribution is -2.46. The molecule has 1 N–H and O–H groups in total. The molecule has 0 amide bonds. The number of benzene rings is 1. The first-order valence-electron chi connectivity index (χ1n) is 7.96. The van der Waals surface area contributed by atoms with E-state index in [1.54, 1.807) is 7.11 Å². The highest BCUT2D eigenvalue weighted by atomic mass is 32.2. The van der Waals surface area contributed by atoms with Crippen molar-refractivity contribution in [1.82, 2.24) is 4.72 Å². The van der Waals surface area contributed by atoms with E-state index in [0.29, 0.717) is 12.3 Å². The van der Waals surface area contributed by atoms with Gasteiger partial charge in [-0.05, 0) is 45.4 Å². The minimum Gasteiger partial charge on any atom is -0.497 e. The van der Waals surface area contributed by atoms with Crippen LogP contribution in [0.25, 0.3) is 0 Å². The van der Waals surface area contributed by atoms with Crippen LogP contribution in [0.2, 0.25) is 0 Å². The Bertz CT molecular complexity index is 587. The summed E-state index contributed by atoms with van der Waals surface area (Å²) in [7, 11) is -2.32. The third kappa shape index (κ3) is 4.26. The zero-order valence-electron chi connectivity index (χ0n) is 15.3. The Balaban J connectivity index is 3.41. The molecule has 0 saturated carbocycles. The smallest absolute Gasteiger partial charge is 0.118 e. The summed E-state index contributed by atoms with van der Waals surface area (Å²) in [5.74, 6) is 0.746. The maximum atomic E-state index is 13.6. The van der Waals surface area contributed by atoms with Gasteiger partial charge in [-0.1, -0.05) is 26.0 Å². The molecule has 1 aromatic carbocycles. The number of ether oxygens (including phenoxy) is 1. The summed E-state index contributed by atoms with van der Waals surface area (Å²) >= 11 is 0. The molecule has 0 spiro atoms. The van der Waals surface area contributed by atoms with E-state index in [4.69, 9.17) is 4.74 Å². The van der Waals surface area contributed by atoms with E-state index >= 15 is 0 Å². The van der Waals surface area contributed by atoms with Gasteiger partial charge in [-0.3, -0.25) is 0 Å². The van der Waals surface area contributed by atoms with Crippen molar-refractivity contribution in [2.75, 3.05) is 19.4 Å². The van der Waals surface area contributed by atoms with Gasteiger partial charge in [-0.15, -0.1) is 0 Å². The van der Waals surface area contributed by atoms with Crippen LogP contribution in [0.4, 0.5) is 0 Å². The summed E-state index contributed by atoms with van der Waals surface area (Å²) in [6, 6.07) is 7.52. The summed E-state index contributed by atoms with van der Waals surface area (Å²) in [5, 5.41) is -0.832. The number of nitrogens with one attached hydrogen (secondary N) is 1. The lowest BCUT2D eigenvalue weighted by Gasteiger charge is -2.39. The molecule has 0 saturated heterocycles. The highest BCUT2D eigenvalue weighted by Gasteiger charge is 2.45. The predicted octanol–water partition coefficient (Wildman–Crippen LogP) is 4.32. The average molecular weight is 359 g/mol. The largest absolute Gasteiger partial charge is 0.497 e. The van der Waals surface area contributed by atoms with Crippen molar-refractivity contribution >= 4 is 18.1 Å². The Morgan fingerprint density at radius 1 is 1.09 bits per heavy atom. The molecule has 1 rings (SSSR count). The molecule has 0 radical (unpaired) electrons. The van der Waals surface area contributed by atoms with Gasteiger partial charge >= 0.3 is 0 Å². The molecule has 0 heterocycles. The fraction of sp³-hybridized carbons (Fsp3) is 0.647. The Labute approximate surface area is 143 Å². The lowest BCUT2D eigenvalue weighted by atomic mass is 10.1. The van der Waals surface area contributed by atoms with Gasteiger partial charge in [-0.2, -0.15) is 0 Å². The van der Waals surface area contributed by atoms with E-state index in [9.17, 15) is 8.77 Å². The molecule has 0 fully saturated rings. The minimum absolute atomic E-state index is 0.431. The normalized spacial score (nSPS) is 16.7. The van der Waals surface area contributed by atoms with Crippen LogP contribution < -0.4 is 9.46 Å². The molecule has 0 bridgehead atoms. The standard InChI is InChI=1S/C17H30NO3PS/c1-8-22(19,9-2)17(6,18-23(20)16(3,4)5)14-10-12-15(21-7)13-11-14/h10-13,18H,8-9H2,1-7H3/t17-,23+/m1/s1. The highest BCUT2D eigenvalue weighted by Crippen LogP contribution is 2.61. The minimum atomic E-state index is -2.62. The maximum absolute atomic E-state index is 13.6. The van der Waals surface area contributed by atoms with Gasteiger partial charge in [0.15, 0.2) is 0 Å². The van der Waals surface area contributed by atoms with Crippen LogP contribution in [-0.2, 0) is 20.8 Å². The van der Waals surface area contributed by atoms with Crippen molar-refractivity contribution in [3.8, 4) is 5.75 Å². The van der Waals surface area contributed by atoms with E-state index in [2.05, 4.69) is 4.72 Å². The molecular weight excluding hydrogens is 329 g/mol. The van der Waals surface area contributed by atoms with Gasteiger partial charge in [0.05, 0.1) is 22.8 Å². The molecule has 0 aliphatic carbocycles. The molecular formula is C17H30NO3PS. The quantitative estimate of drug-likeness (QED) is 0.738. The Morgan fingerprint density at radius 3 is 1.91 bits per heavy atom. The Kier molecular flexibility index (Phi) is 6.65. The van der Waals surface area contributed by atoms with Crippen molar-refractivity contribution in [2.24, 2.45) is 0 Å². The van der Waals surface area contributed by atoms with Crippen LogP contribution in [0, 0.1) is 0 Å². The number of hydrogen-bond donors (Lipinski definition) is 1. The van der Waals surface area contributed by atoms with Crippen LogP contribution in [0.3, 0.4) is 0 Å². The van der Waals surface area contributed by atoms with Crippen LogP contribution in [0.5, 0.6) is 5.75 Å². The monoisotopic (exact) mass is 359 g/mol. The molecule has 0 aliphatic rings. The van der Waals surface area contributed by atoms with Gasteiger partial charge in [0.1, 0.15) is 18.2 Å². The summed E-state index contributed by atoms with van der Waals surface area (Å²) in [4.78, 5) is 0. The second-order valence-corrected chi connectivity index (χ2v) is 12.7. The molecule has 4 nitrogen and oxygen atoms in total. The average Bonchev–Trinajstić information content (AvgIpc) is 2.52. The van der Waals surface area contributed by atoms with Crippen molar-refractivity contribution in [1.29, 1.82) is 0 Å². The van der Waals surface area contributed by atoms with Crippen molar-refractivity contribution < 1.29 is 13.5 Å². The topological polar surface area (TPSA) is 55.4 Å². The number of rotatable bonds is 7. The van der Waals surface area contributed by atoms with Crippen LogP contribution >= 0.6 is 7.14 Å². The van der Waals surface area contributed by atoms with Gasteiger partial charge in [-0.25, -0.2) is 8.93 Å². The fourth-order valence-corrected chi connectivity index (χ4v) is 6.51. The van der Waals surface area contributed by atoms with Gasteiger partial charge in [0.2, 0.25) is 0 Å². The van der Waals surface area contributed by atoms with Crippen molar-refractivity contribution in [3.63, 3.8) is 0 Å². The second kappa shape index (κ2) is 7.50. The Morgan fingerprint density at radius 2 is 1.57 bits per heavy atom. The first kappa shape index (κ1) is 20.4. The van der Waals surface area contributed by atoms with Crippen LogP contribution in [0.1, 0.15) is 47.1 Å². The molecule has 0 aliphatic heterocycles. The van der Waals surface area contributed by atoms with E-state index in [1.807, 2.05) is 65.8 Å². The second-order valence-electron chi connectivity index (χ2n) is 6.81. The van der Waals surface area contributed by atoms with E-state index in [-0.39, 0.29) is 0 Å². The van der Waals surface area contributed by atoms with E-state index in [1.165, 1.54) is 0 Å². The van der Waals surface area contributed by atoms with Gasteiger partial charge in [0, 0.05) is 12.3 Å². The highest BCUT2D eigenvalue weighted by molar-refractivity contribution is 7.85. The van der Waals surface area contributed by atoms with E-state index < -0.39 is 28.2 Å². The predicted molar refractivity (Wildman–Crippen MR) is 100 cm³/mol. The lowest BCUT2D eigenvalue weighted by molar-refractivity contribution is 0.414. The molecule has 132 valence electrons. The molecule has 2 atom stereocenters. The van der Waals surface area contributed by atoms with Crippen molar-refractivity contribution in [3.05, 3.63) is 29.8 Å². The van der Waals surface area contributed by atoms with Crippen LogP contribution in [0.15, 0.2) is 24.3 Å². The third-order valence-electron chi connectivity index (χ3n) is 4.34. The number of hydrogen-bond acceptors (Lipinski definition) is 3. The molecule has 0 unspecified atom stereocenters. The molecule has 1 aromatic rings. The fourth-order valence-electron chi connectivity index (χ4n) is 2.48.